The molecule has 5 heteroatoms. The molecule has 1 aliphatic carbocycles. The van der Waals surface area contributed by atoms with E-state index >= 15 is 0 Å². The second kappa shape index (κ2) is 6.61. The van der Waals surface area contributed by atoms with Gasteiger partial charge in [-0.2, -0.15) is 0 Å². The van der Waals surface area contributed by atoms with E-state index < -0.39 is 5.92 Å². The van der Waals surface area contributed by atoms with Crippen molar-refractivity contribution in [1.82, 2.24) is 5.32 Å². The zero-order valence-electron chi connectivity index (χ0n) is 11.4. The molecule has 0 radical (unpaired) electrons. The van der Waals surface area contributed by atoms with Crippen molar-refractivity contribution in [2.24, 2.45) is 22.2 Å². The van der Waals surface area contributed by atoms with Gasteiger partial charge in [0.2, 0.25) is 5.91 Å². The highest BCUT2D eigenvalue weighted by Crippen LogP contribution is 2.40. The Hall–Kier alpha value is -1.26. The predicted molar refractivity (Wildman–Crippen MR) is 71.4 cm³/mol. The number of hydrogen-bond acceptors (Lipinski definition) is 3. The number of rotatable bonds is 6. The highest BCUT2D eigenvalue weighted by atomic mass is 16.4. The van der Waals surface area contributed by atoms with Crippen molar-refractivity contribution in [2.45, 2.75) is 52.4 Å². The van der Waals surface area contributed by atoms with E-state index in [9.17, 15) is 4.79 Å². The van der Waals surface area contributed by atoms with E-state index in [0.717, 1.165) is 6.42 Å². The van der Waals surface area contributed by atoms with Crippen molar-refractivity contribution in [1.29, 1.82) is 0 Å². The molecule has 1 amide bonds. The number of amides is 1. The van der Waals surface area contributed by atoms with Crippen molar-refractivity contribution in [3.63, 3.8) is 0 Å². The van der Waals surface area contributed by atoms with Crippen LogP contribution in [0.1, 0.15) is 52.4 Å². The number of nitrogens with zero attached hydrogens (tertiary/aromatic N) is 1. The normalized spacial score (nSPS) is 20.7. The number of carbonyl (C=O) groups is 1. The molecule has 1 aliphatic rings. The van der Waals surface area contributed by atoms with Gasteiger partial charge in [-0.15, -0.1) is 0 Å². The maximum absolute atomic E-state index is 12.0. The molecule has 1 unspecified atom stereocenters. The standard InChI is InChI=1S/C13H25N3O2/c1-3-10(11(14)16-18)12(17)15-9-13(4-2)7-5-6-8-13/h10,18H,3-9H2,1-2H3,(H2,14,16)(H,15,17). The third-order valence-corrected chi connectivity index (χ3v) is 4.25. The fourth-order valence-electron chi connectivity index (χ4n) is 2.78. The molecule has 5 nitrogen and oxygen atoms in total. The molecule has 1 fully saturated rings. The summed E-state index contributed by atoms with van der Waals surface area (Å²) in [5.41, 5.74) is 5.78. The number of nitrogens with one attached hydrogen (secondary N) is 1. The van der Waals surface area contributed by atoms with Crippen LogP contribution in [-0.4, -0.2) is 23.5 Å². The first kappa shape index (κ1) is 14.8. The van der Waals surface area contributed by atoms with Gasteiger partial charge in [0, 0.05) is 6.54 Å². The fourth-order valence-corrected chi connectivity index (χ4v) is 2.78. The summed E-state index contributed by atoms with van der Waals surface area (Å²) in [6.07, 6.45) is 6.51. The number of oxime groups is 1. The molecule has 4 N–H and O–H groups in total. The van der Waals surface area contributed by atoms with Crippen molar-refractivity contribution in [3.8, 4) is 0 Å². The molecular formula is C13H25N3O2. The monoisotopic (exact) mass is 255 g/mol. The Morgan fingerprint density at radius 2 is 2.06 bits per heavy atom. The largest absolute Gasteiger partial charge is 0.409 e. The highest BCUT2D eigenvalue weighted by Gasteiger charge is 2.33. The zero-order chi connectivity index (χ0) is 13.6. The van der Waals surface area contributed by atoms with Crippen LogP contribution in [0.4, 0.5) is 0 Å². The van der Waals surface area contributed by atoms with Crippen molar-refractivity contribution >= 4 is 11.7 Å². The molecule has 0 bridgehead atoms. The summed E-state index contributed by atoms with van der Waals surface area (Å²) in [5.74, 6) is -0.662. The molecular weight excluding hydrogens is 230 g/mol. The summed E-state index contributed by atoms with van der Waals surface area (Å²) in [5, 5.41) is 14.5. The third-order valence-electron chi connectivity index (χ3n) is 4.25. The van der Waals surface area contributed by atoms with Gasteiger partial charge in [0.15, 0.2) is 5.84 Å². The number of amidine groups is 1. The van der Waals surface area contributed by atoms with Crippen LogP contribution in [0.2, 0.25) is 0 Å². The van der Waals surface area contributed by atoms with Gasteiger partial charge in [-0.25, -0.2) is 0 Å². The van der Waals surface area contributed by atoms with E-state index in [1.807, 2.05) is 6.92 Å². The first-order valence-electron chi connectivity index (χ1n) is 6.83. The molecule has 104 valence electrons. The Bertz CT molecular complexity index is 309. The Morgan fingerprint density at radius 3 is 2.50 bits per heavy atom. The molecule has 18 heavy (non-hydrogen) atoms. The molecule has 1 rings (SSSR count). The number of hydrogen-bond donors (Lipinski definition) is 3. The van der Waals surface area contributed by atoms with E-state index in [2.05, 4.69) is 17.4 Å². The van der Waals surface area contributed by atoms with Gasteiger partial charge in [-0.3, -0.25) is 4.79 Å². The summed E-state index contributed by atoms with van der Waals surface area (Å²) in [6, 6.07) is 0. The molecule has 0 aromatic rings. The molecule has 0 aliphatic heterocycles. The Labute approximate surface area is 109 Å². The van der Waals surface area contributed by atoms with Crippen LogP contribution in [0, 0.1) is 11.3 Å². The van der Waals surface area contributed by atoms with E-state index in [4.69, 9.17) is 10.9 Å². The van der Waals surface area contributed by atoms with Gasteiger partial charge in [0.1, 0.15) is 0 Å². The lowest BCUT2D eigenvalue weighted by atomic mass is 9.83. The van der Waals surface area contributed by atoms with E-state index in [1.54, 1.807) is 0 Å². The quantitative estimate of drug-likeness (QED) is 0.293. The van der Waals surface area contributed by atoms with Gasteiger partial charge in [0.25, 0.3) is 0 Å². The summed E-state index contributed by atoms with van der Waals surface area (Å²) in [4.78, 5) is 12.0. The van der Waals surface area contributed by atoms with Gasteiger partial charge in [-0.05, 0) is 31.1 Å². The SMILES string of the molecule is CCC(C(=O)NCC1(CC)CCCC1)C(N)=NO. The molecule has 1 saturated carbocycles. The smallest absolute Gasteiger partial charge is 0.230 e. The van der Waals surface area contributed by atoms with E-state index in [1.165, 1.54) is 25.7 Å². The Kier molecular flexibility index (Phi) is 5.44. The van der Waals surface area contributed by atoms with Crippen LogP contribution in [0.3, 0.4) is 0 Å². The minimum Gasteiger partial charge on any atom is -0.409 e. The fraction of sp³-hybridized carbons (Fsp3) is 0.846. The van der Waals surface area contributed by atoms with Crippen LogP contribution >= 0.6 is 0 Å². The molecule has 0 saturated heterocycles. The first-order chi connectivity index (χ1) is 8.58. The van der Waals surface area contributed by atoms with Crippen LogP contribution in [0.5, 0.6) is 0 Å². The summed E-state index contributed by atoms with van der Waals surface area (Å²) < 4.78 is 0. The van der Waals surface area contributed by atoms with Gasteiger partial charge in [-0.1, -0.05) is 31.8 Å². The number of carbonyl (C=O) groups excluding carboxylic acids is 1. The van der Waals surface area contributed by atoms with Gasteiger partial charge >= 0.3 is 0 Å². The van der Waals surface area contributed by atoms with Crippen molar-refractivity contribution < 1.29 is 10.0 Å². The number of nitrogens with two attached hydrogens (primary N) is 1. The minimum atomic E-state index is -0.523. The maximum atomic E-state index is 12.0. The second-order valence-electron chi connectivity index (χ2n) is 5.26. The van der Waals surface area contributed by atoms with Crippen molar-refractivity contribution in [2.75, 3.05) is 6.54 Å². The van der Waals surface area contributed by atoms with Gasteiger partial charge < -0.3 is 16.3 Å². The third kappa shape index (κ3) is 3.37. The Balaban J connectivity index is 2.54. The molecule has 0 aromatic carbocycles. The summed E-state index contributed by atoms with van der Waals surface area (Å²) >= 11 is 0. The molecule has 0 spiro atoms. The molecule has 1 atom stereocenters. The maximum Gasteiger partial charge on any atom is 0.230 e. The molecule has 0 aromatic heterocycles. The molecule has 0 heterocycles. The first-order valence-corrected chi connectivity index (χ1v) is 6.83. The average Bonchev–Trinajstić information content (AvgIpc) is 2.86. The van der Waals surface area contributed by atoms with Crippen LogP contribution in [0.25, 0.3) is 0 Å². The van der Waals surface area contributed by atoms with Crippen molar-refractivity contribution in [3.05, 3.63) is 0 Å². The lowest BCUT2D eigenvalue weighted by molar-refractivity contribution is -0.123. The Morgan fingerprint density at radius 1 is 1.44 bits per heavy atom. The summed E-state index contributed by atoms with van der Waals surface area (Å²) in [7, 11) is 0. The second-order valence-corrected chi connectivity index (χ2v) is 5.26. The van der Waals surface area contributed by atoms with Crippen LogP contribution in [0.15, 0.2) is 5.16 Å². The topological polar surface area (TPSA) is 87.7 Å². The summed E-state index contributed by atoms with van der Waals surface area (Å²) in [6.45, 7) is 4.74. The average molecular weight is 255 g/mol. The van der Waals surface area contributed by atoms with E-state index in [-0.39, 0.29) is 17.2 Å². The van der Waals surface area contributed by atoms with Crippen LogP contribution in [-0.2, 0) is 4.79 Å². The minimum absolute atomic E-state index is 0.00743. The zero-order valence-corrected chi connectivity index (χ0v) is 11.4. The van der Waals surface area contributed by atoms with E-state index in [0.29, 0.717) is 13.0 Å². The van der Waals surface area contributed by atoms with Crippen LogP contribution < -0.4 is 11.1 Å². The lowest BCUT2D eigenvalue weighted by Gasteiger charge is -2.28. The van der Waals surface area contributed by atoms with Gasteiger partial charge in [0.05, 0.1) is 5.92 Å². The lowest BCUT2D eigenvalue weighted by Crippen LogP contribution is -2.43. The predicted octanol–water partition coefficient (Wildman–Crippen LogP) is 1.85. The highest BCUT2D eigenvalue weighted by molar-refractivity contribution is 6.01.